The number of methoxy groups -OCH3 is 1. The maximum absolute atomic E-state index is 13.7. The summed E-state index contributed by atoms with van der Waals surface area (Å²) in [6.45, 7) is 0. The van der Waals surface area contributed by atoms with Gasteiger partial charge < -0.3 is 15.8 Å². The lowest BCUT2D eigenvalue weighted by molar-refractivity contribution is -0.141. The van der Waals surface area contributed by atoms with E-state index in [0.717, 1.165) is 18.3 Å². The fourth-order valence-corrected chi connectivity index (χ4v) is 2.18. The molecular weight excluding hydrogens is 368 g/mol. The zero-order valence-electron chi connectivity index (χ0n) is 13.8. The first kappa shape index (κ1) is 18.3. The summed E-state index contributed by atoms with van der Waals surface area (Å²) < 4.78 is 57.0. The standard InChI is InChI=1S/C16H12F4N6O/c1-27-11-5-8(4-9(17)6-11)13-24-14(21)26-15(25-13)23-10-2-3-22-12(7-10)16(18,19)20/h2-7H,1H3,(H3,21,22,23,24,25,26). The quantitative estimate of drug-likeness (QED) is 0.669. The molecule has 7 nitrogen and oxygen atoms in total. The van der Waals surface area contributed by atoms with E-state index in [1.54, 1.807) is 0 Å². The topological polar surface area (TPSA) is 98.8 Å². The Hall–Kier alpha value is -3.50. The predicted octanol–water partition coefficient (Wildman–Crippen LogP) is 3.43. The van der Waals surface area contributed by atoms with Crippen LogP contribution < -0.4 is 15.8 Å². The summed E-state index contributed by atoms with van der Waals surface area (Å²) >= 11 is 0. The second-order valence-corrected chi connectivity index (χ2v) is 5.27. The summed E-state index contributed by atoms with van der Waals surface area (Å²) in [6, 6.07) is 5.92. The van der Waals surface area contributed by atoms with Crippen LogP contribution in [0, 0.1) is 5.82 Å². The van der Waals surface area contributed by atoms with Gasteiger partial charge in [-0.1, -0.05) is 0 Å². The Labute approximate surface area is 150 Å². The van der Waals surface area contributed by atoms with Crippen molar-refractivity contribution in [2.24, 2.45) is 0 Å². The highest BCUT2D eigenvalue weighted by atomic mass is 19.4. The molecule has 0 fully saturated rings. The van der Waals surface area contributed by atoms with Gasteiger partial charge in [-0.3, -0.25) is 4.98 Å². The maximum Gasteiger partial charge on any atom is 0.433 e. The van der Waals surface area contributed by atoms with Crippen LogP contribution in [0.25, 0.3) is 11.4 Å². The van der Waals surface area contributed by atoms with Gasteiger partial charge in [-0.05, 0) is 24.3 Å². The number of aromatic nitrogens is 4. The van der Waals surface area contributed by atoms with Crippen LogP contribution in [0.15, 0.2) is 36.5 Å². The van der Waals surface area contributed by atoms with Gasteiger partial charge in [0.1, 0.15) is 17.3 Å². The number of hydrogen-bond acceptors (Lipinski definition) is 7. The van der Waals surface area contributed by atoms with E-state index in [1.807, 2.05) is 0 Å². The normalized spacial score (nSPS) is 11.3. The summed E-state index contributed by atoms with van der Waals surface area (Å²) in [6.07, 6.45) is -3.60. The van der Waals surface area contributed by atoms with Crippen molar-refractivity contribution in [1.29, 1.82) is 0 Å². The Morgan fingerprint density at radius 3 is 2.56 bits per heavy atom. The highest BCUT2D eigenvalue weighted by molar-refractivity contribution is 5.62. The largest absolute Gasteiger partial charge is 0.497 e. The van der Waals surface area contributed by atoms with Crippen LogP contribution in [0.4, 0.5) is 35.1 Å². The minimum absolute atomic E-state index is 0.0212. The number of nitrogen functional groups attached to an aromatic ring is 1. The van der Waals surface area contributed by atoms with Crippen molar-refractivity contribution in [2.75, 3.05) is 18.2 Å². The van der Waals surface area contributed by atoms with Gasteiger partial charge >= 0.3 is 6.18 Å². The molecule has 0 aliphatic rings. The van der Waals surface area contributed by atoms with E-state index in [2.05, 4.69) is 25.3 Å². The lowest BCUT2D eigenvalue weighted by atomic mass is 10.2. The van der Waals surface area contributed by atoms with Crippen molar-refractivity contribution in [3.05, 3.63) is 48.0 Å². The molecule has 2 heterocycles. The fourth-order valence-electron chi connectivity index (χ4n) is 2.18. The molecular formula is C16H12F4N6O. The number of ether oxygens (including phenoxy) is 1. The first-order valence-electron chi connectivity index (χ1n) is 7.41. The Kier molecular flexibility index (Phi) is 4.75. The molecule has 0 unspecified atom stereocenters. The summed E-state index contributed by atoms with van der Waals surface area (Å²) in [4.78, 5) is 15.1. The van der Waals surface area contributed by atoms with Gasteiger partial charge in [-0.25, -0.2) is 4.39 Å². The zero-order chi connectivity index (χ0) is 19.6. The predicted molar refractivity (Wildman–Crippen MR) is 88.7 cm³/mol. The number of anilines is 3. The van der Waals surface area contributed by atoms with E-state index in [1.165, 1.54) is 25.3 Å². The van der Waals surface area contributed by atoms with Gasteiger partial charge in [0.15, 0.2) is 5.82 Å². The number of nitrogens with zero attached hydrogens (tertiary/aromatic N) is 4. The molecule has 0 saturated carbocycles. The molecule has 0 aliphatic heterocycles. The Morgan fingerprint density at radius 2 is 1.85 bits per heavy atom. The molecule has 3 aromatic rings. The molecule has 1 aromatic carbocycles. The molecule has 27 heavy (non-hydrogen) atoms. The minimum Gasteiger partial charge on any atom is -0.497 e. The Balaban J connectivity index is 1.96. The number of benzene rings is 1. The lowest BCUT2D eigenvalue weighted by Crippen LogP contribution is -2.09. The minimum atomic E-state index is -4.60. The first-order valence-corrected chi connectivity index (χ1v) is 7.41. The number of pyridine rings is 1. The molecule has 0 spiro atoms. The van der Waals surface area contributed by atoms with E-state index in [4.69, 9.17) is 10.5 Å². The third-order valence-electron chi connectivity index (χ3n) is 3.32. The van der Waals surface area contributed by atoms with Crippen molar-refractivity contribution < 1.29 is 22.3 Å². The van der Waals surface area contributed by atoms with E-state index in [-0.39, 0.29) is 34.7 Å². The summed E-state index contributed by atoms with van der Waals surface area (Å²) in [5.41, 5.74) is 4.87. The van der Waals surface area contributed by atoms with E-state index in [0.29, 0.717) is 0 Å². The van der Waals surface area contributed by atoms with Crippen LogP contribution in [0.2, 0.25) is 0 Å². The van der Waals surface area contributed by atoms with Crippen molar-refractivity contribution in [1.82, 2.24) is 19.9 Å². The second-order valence-electron chi connectivity index (χ2n) is 5.27. The number of nitrogens with one attached hydrogen (secondary N) is 1. The average Bonchev–Trinajstić information content (AvgIpc) is 2.60. The van der Waals surface area contributed by atoms with Gasteiger partial charge in [0, 0.05) is 23.5 Å². The molecule has 0 amide bonds. The van der Waals surface area contributed by atoms with Gasteiger partial charge in [0.05, 0.1) is 7.11 Å². The number of nitrogens with two attached hydrogens (primary N) is 1. The molecule has 140 valence electrons. The highest BCUT2D eigenvalue weighted by Gasteiger charge is 2.32. The molecule has 2 aromatic heterocycles. The molecule has 3 rings (SSSR count). The van der Waals surface area contributed by atoms with Crippen LogP contribution in [-0.2, 0) is 6.18 Å². The van der Waals surface area contributed by atoms with Crippen molar-refractivity contribution in [3.8, 4) is 17.1 Å². The second kappa shape index (κ2) is 7.02. The molecule has 3 N–H and O–H groups in total. The van der Waals surface area contributed by atoms with Crippen molar-refractivity contribution in [3.63, 3.8) is 0 Å². The molecule has 0 saturated heterocycles. The molecule has 0 aliphatic carbocycles. The van der Waals surface area contributed by atoms with E-state index in [9.17, 15) is 17.6 Å². The van der Waals surface area contributed by atoms with Crippen LogP contribution in [0.1, 0.15) is 5.69 Å². The van der Waals surface area contributed by atoms with E-state index < -0.39 is 17.7 Å². The smallest absolute Gasteiger partial charge is 0.433 e. The lowest BCUT2D eigenvalue weighted by Gasteiger charge is -2.10. The van der Waals surface area contributed by atoms with Gasteiger partial charge in [0.25, 0.3) is 0 Å². The van der Waals surface area contributed by atoms with Gasteiger partial charge in [-0.15, -0.1) is 0 Å². The average molecular weight is 380 g/mol. The van der Waals surface area contributed by atoms with Crippen molar-refractivity contribution >= 4 is 17.6 Å². The first-order chi connectivity index (χ1) is 12.7. The fraction of sp³-hybridized carbons (Fsp3) is 0.125. The van der Waals surface area contributed by atoms with Gasteiger partial charge in [0.2, 0.25) is 11.9 Å². The SMILES string of the molecule is COc1cc(F)cc(-c2nc(N)nc(Nc3ccnc(C(F)(F)F)c3)n2)c1. The van der Waals surface area contributed by atoms with Crippen LogP contribution >= 0.6 is 0 Å². The number of halogens is 4. The molecule has 0 radical (unpaired) electrons. The maximum atomic E-state index is 13.7. The summed E-state index contributed by atoms with van der Waals surface area (Å²) in [5.74, 6) is -0.631. The molecule has 0 atom stereocenters. The highest BCUT2D eigenvalue weighted by Crippen LogP contribution is 2.30. The third kappa shape index (κ3) is 4.37. The Morgan fingerprint density at radius 1 is 1.07 bits per heavy atom. The number of alkyl halides is 3. The molecule has 11 heteroatoms. The van der Waals surface area contributed by atoms with Crippen LogP contribution in [-0.4, -0.2) is 27.0 Å². The monoisotopic (exact) mass is 380 g/mol. The zero-order valence-corrected chi connectivity index (χ0v) is 13.8. The molecule has 0 bridgehead atoms. The summed E-state index contributed by atoms with van der Waals surface area (Å²) in [7, 11) is 1.37. The van der Waals surface area contributed by atoms with Crippen molar-refractivity contribution in [2.45, 2.75) is 6.18 Å². The number of hydrogen-bond donors (Lipinski definition) is 2. The summed E-state index contributed by atoms with van der Waals surface area (Å²) in [5, 5.41) is 2.60. The Bertz CT molecular complexity index is 979. The third-order valence-corrected chi connectivity index (χ3v) is 3.32. The van der Waals surface area contributed by atoms with Crippen LogP contribution in [0.5, 0.6) is 5.75 Å². The van der Waals surface area contributed by atoms with E-state index >= 15 is 0 Å². The number of rotatable bonds is 4. The van der Waals surface area contributed by atoms with Crippen LogP contribution in [0.3, 0.4) is 0 Å². The van der Waals surface area contributed by atoms with Gasteiger partial charge in [-0.2, -0.15) is 28.1 Å².